The van der Waals surface area contributed by atoms with Crippen molar-refractivity contribution >= 4 is 22.2 Å². The van der Waals surface area contributed by atoms with Crippen molar-refractivity contribution in [2.45, 2.75) is 30.5 Å². The summed E-state index contributed by atoms with van der Waals surface area (Å²) < 4.78 is 0. The van der Waals surface area contributed by atoms with Crippen molar-refractivity contribution < 1.29 is 4.79 Å². The molecule has 1 nitrogen and oxygen atoms in total. The van der Waals surface area contributed by atoms with Crippen LogP contribution < -0.4 is 0 Å². The summed E-state index contributed by atoms with van der Waals surface area (Å²) in [7, 11) is 0. The van der Waals surface area contributed by atoms with Gasteiger partial charge in [-0.25, -0.2) is 0 Å². The number of hydrogen-bond donors (Lipinski definition) is 0. The third-order valence-corrected chi connectivity index (χ3v) is 2.81. The first kappa shape index (κ1) is 7.26. The van der Waals surface area contributed by atoms with E-state index in [-0.39, 0.29) is 0 Å². The zero-order valence-electron chi connectivity index (χ0n) is 5.35. The Kier molecular flexibility index (Phi) is 2.70. The molecule has 1 saturated carbocycles. The summed E-state index contributed by atoms with van der Waals surface area (Å²) in [5.74, 6) is 0.360. The van der Waals surface area contributed by atoms with E-state index in [1.54, 1.807) is 0 Å². The Morgan fingerprint density at radius 1 is 1.22 bits per heavy atom. The second-order valence-electron chi connectivity index (χ2n) is 2.65. The normalized spacial score (nSPS) is 36.1. The fourth-order valence-corrected chi connectivity index (χ4v) is 1.74. The smallest absolute Gasteiger partial charge is 0.123 e. The molecule has 1 rings (SSSR count). The van der Waals surface area contributed by atoms with Crippen LogP contribution in [-0.2, 0) is 4.79 Å². The van der Waals surface area contributed by atoms with E-state index in [2.05, 4.69) is 15.9 Å². The third kappa shape index (κ3) is 2.09. The molecule has 0 unspecified atom stereocenters. The van der Waals surface area contributed by atoms with E-state index >= 15 is 0 Å². The summed E-state index contributed by atoms with van der Waals surface area (Å²) in [6.45, 7) is 0. The number of alkyl halides is 1. The van der Waals surface area contributed by atoms with Crippen molar-refractivity contribution in [3.8, 4) is 0 Å². The maximum Gasteiger partial charge on any atom is 0.123 e. The van der Waals surface area contributed by atoms with E-state index in [4.69, 9.17) is 0 Å². The number of carbonyl (C=O) groups is 1. The second-order valence-corrected chi connectivity index (χ2v) is 3.94. The average Bonchev–Trinajstić information content (AvgIpc) is 1.90. The van der Waals surface area contributed by atoms with Crippen LogP contribution in [0.3, 0.4) is 0 Å². The maximum absolute atomic E-state index is 10.3. The van der Waals surface area contributed by atoms with E-state index < -0.39 is 0 Å². The second kappa shape index (κ2) is 3.35. The highest BCUT2D eigenvalue weighted by molar-refractivity contribution is 9.09. The van der Waals surface area contributed by atoms with Gasteiger partial charge in [-0.1, -0.05) is 15.9 Å². The van der Waals surface area contributed by atoms with Crippen LogP contribution in [0.1, 0.15) is 25.7 Å². The molecule has 0 aromatic carbocycles. The highest BCUT2D eigenvalue weighted by Crippen LogP contribution is 2.26. The lowest BCUT2D eigenvalue weighted by Crippen LogP contribution is -2.14. The Bertz CT molecular complexity index is 95.1. The van der Waals surface area contributed by atoms with Gasteiger partial charge in [-0.15, -0.1) is 0 Å². The van der Waals surface area contributed by atoms with Gasteiger partial charge in [0.05, 0.1) is 0 Å². The van der Waals surface area contributed by atoms with Crippen molar-refractivity contribution in [1.82, 2.24) is 0 Å². The molecule has 0 bridgehead atoms. The molecular formula is C7H11BrO. The Labute approximate surface area is 64.0 Å². The monoisotopic (exact) mass is 190 g/mol. The van der Waals surface area contributed by atoms with Gasteiger partial charge in [-0.2, -0.15) is 0 Å². The summed E-state index contributed by atoms with van der Waals surface area (Å²) >= 11 is 3.53. The Morgan fingerprint density at radius 3 is 2.22 bits per heavy atom. The highest BCUT2D eigenvalue weighted by atomic mass is 79.9. The summed E-state index contributed by atoms with van der Waals surface area (Å²) in [6.07, 6.45) is 5.60. The third-order valence-electron chi connectivity index (χ3n) is 1.89. The Hall–Kier alpha value is 0.150. The molecule has 0 atom stereocenters. The largest absolute Gasteiger partial charge is 0.303 e. The number of rotatable bonds is 1. The van der Waals surface area contributed by atoms with Crippen LogP contribution in [0.5, 0.6) is 0 Å². The molecule has 0 aliphatic heterocycles. The fourth-order valence-electron chi connectivity index (χ4n) is 1.21. The molecule has 0 aromatic rings. The molecule has 0 N–H and O–H groups in total. The molecule has 1 aliphatic rings. The molecule has 52 valence electrons. The van der Waals surface area contributed by atoms with E-state index in [9.17, 15) is 4.79 Å². The first-order chi connectivity index (χ1) is 4.33. The summed E-state index contributed by atoms with van der Waals surface area (Å²) in [5, 5.41) is 0. The lowest BCUT2D eigenvalue weighted by atomic mass is 9.90. The first-order valence-electron chi connectivity index (χ1n) is 3.42. The minimum Gasteiger partial charge on any atom is -0.303 e. The minimum absolute atomic E-state index is 0.360. The quantitative estimate of drug-likeness (QED) is 0.458. The first-order valence-corrected chi connectivity index (χ1v) is 4.34. The minimum atomic E-state index is 0.360. The predicted molar refractivity (Wildman–Crippen MR) is 40.7 cm³/mol. The average molecular weight is 191 g/mol. The summed E-state index contributed by atoms with van der Waals surface area (Å²) in [5.41, 5.74) is 0. The van der Waals surface area contributed by atoms with E-state index in [1.165, 1.54) is 12.8 Å². The van der Waals surface area contributed by atoms with Crippen LogP contribution in [-0.4, -0.2) is 11.1 Å². The molecule has 0 radical (unpaired) electrons. The molecule has 0 heterocycles. The van der Waals surface area contributed by atoms with E-state index in [0.717, 1.165) is 19.1 Å². The van der Waals surface area contributed by atoms with Crippen LogP contribution >= 0.6 is 15.9 Å². The van der Waals surface area contributed by atoms with E-state index in [1.807, 2.05) is 0 Å². The molecule has 0 amide bonds. The van der Waals surface area contributed by atoms with Gasteiger partial charge in [0.15, 0.2) is 0 Å². The molecule has 0 spiro atoms. The van der Waals surface area contributed by atoms with Crippen molar-refractivity contribution in [3.05, 3.63) is 0 Å². The van der Waals surface area contributed by atoms with Crippen molar-refractivity contribution in [3.63, 3.8) is 0 Å². The van der Waals surface area contributed by atoms with Crippen LogP contribution in [0.15, 0.2) is 0 Å². The number of halogens is 1. The molecule has 9 heavy (non-hydrogen) atoms. The van der Waals surface area contributed by atoms with Gasteiger partial charge in [0.1, 0.15) is 6.29 Å². The maximum atomic E-state index is 10.3. The van der Waals surface area contributed by atoms with Gasteiger partial charge >= 0.3 is 0 Å². The van der Waals surface area contributed by atoms with Gasteiger partial charge in [-0.05, 0) is 25.7 Å². The van der Waals surface area contributed by atoms with Crippen LogP contribution in [0.25, 0.3) is 0 Å². The standard InChI is InChI=1S/C7H11BrO/c8-7-3-1-6(5-9)2-4-7/h5-7H,1-4H2. The number of hydrogen-bond acceptors (Lipinski definition) is 1. The van der Waals surface area contributed by atoms with Crippen LogP contribution in [0.4, 0.5) is 0 Å². The Balaban J connectivity index is 2.26. The van der Waals surface area contributed by atoms with Crippen molar-refractivity contribution in [2.75, 3.05) is 0 Å². The van der Waals surface area contributed by atoms with Gasteiger partial charge in [-0.3, -0.25) is 0 Å². The molecule has 0 aromatic heterocycles. The zero-order valence-corrected chi connectivity index (χ0v) is 6.93. The lowest BCUT2D eigenvalue weighted by molar-refractivity contribution is -0.111. The number of aldehydes is 1. The number of carbonyl (C=O) groups excluding carboxylic acids is 1. The molecule has 2 heteroatoms. The van der Waals surface area contributed by atoms with Crippen LogP contribution in [0, 0.1) is 5.92 Å². The Morgan fingerprint density at radius 2 is 1.78 bits per heavy atom. The highest BCUT2D eigenvalue weighted by Gasteiger charge is 2.17. The van der Waals surface area contributed by atoms with Gasteiger partial charge in [0, 0.05) is 10.7 Å². The van der Waals surface area contributed by atoms with Crippen molar-refractivity contribution in [1.29, 1.82) is 0 Å². The fraction of sp³-hybridized carbons (Fsp3) is 0.857. The summed E-state index contributed by atoms with van der Waals surface area (Å²) in [4.78, 5) is 10.9. The molecule has 1 fully saturated rings. The molecule has 0 saturated heterocycles. The van der Waals surface area contributed by atoms with Gasteiger partial charge < -0.3 is 4.79 Å². The van der Waals surface area contributed by atoms with Crippen molar-refractivity contribution in [2.24, 2.45) is 5.92 Å². The van der Waals surface area contributed by atoms with Gasteiger partial charge in [0.25, 0.3) is 0 Å². The molecule has 1 aliphatic carbocycles. The lowest BCUT2D eigenvalue weighted by Gasteiger charge is -2.20. The SMILES string of the molecule is O=CC1CCC(Br)CC1. The predicted octanol–water partition coefficient (Wildman–Crippen LogP) is 2.14. The van der Waals surface area contributed by atoms with Gasteiger partial charge in [0.2, 0.25) is 0 Å². The molecular weight excluding hydrogens is 180 g/mol. The van der Waals surface area contributed by atoms with Crippen LogP contribution in [0.2, 0.25) is 0 Å². The summed E-state index contributed by atoms with van der Waals surface area (Å²) in [6, 6.07) is 0. The van der Waals surface area contributed by atoms with E-state index in [0.29, 0.717) is 10.7 Å². The topological polar surface area (TPSA) is 17.1 Å². The zero-order chi connectivity index (χ0) is 6.69.